The normalized spacial score (nSPS) is 13.4. The molecule has 0 amide bonds. The van der Waals surface area contributed by atoms with Crippen LogP contribution in [0, 0.1) is 13.8 Å². The number of para-hydroxylation sites is 3. The van der Waals surface area contributed by atoms with Crippen molar-refractivity contribution in [2.75, 3.05) is 0 Å². The van der Waals surface area contributed by atoms with Gasteiger partial charge in [0.25, 0.3) is 0 Å². The predicted octanol–water partition coefficient (Wildman–Crippen LogP) is 12.9. The molecule has 0 N–H and O–H groups in total. The van der Waals surface area contributed by atoms with Crippen LogP contribution in [0.2, 0.25) is 0 Å². The molecule has 7 aromatic carbocycles. The number of hydrogen-bond donors (Lipinski definition) is 0. The summed E-state index contributed by atoms with van der Waals surface area (Å²) in [6, 6.07) is 50.0. The monoisotopic (exact) mass is 681 g/mol. The van der Waals surface area contributed by atoms with E-state index in [1.807, 2.05) is 18.2 Å². The van der Waals surface area contributed by atoms with Gasteiger partial charge in [-0.05, 0) is 102 Å². The Balaban J connectivity index is 1.12. The molecule has 0 saturated heterocycles. The summed E-state index contributed by atoms with van der Waals surface area (Å²) < 4.78 is 8.83. The van der Waals surface area contributed by atoms with Crippen molar-refractivity contribution in [3.63, 3.8) is 0 Å². The molecule has 0 atom stereocenters. The van der Waals surface area contributed by atoms with E-state index in [0.717, 1.165) is 55.7 Å². The van der Waals surface area contributed by atoms with E-state index in [4.69, 9.17) is 14.4 Å². The molecule has 53 heavy (non-hydrogen) atoms. The van der Waals surface area contributed by atoms with Crippen molar-refractivity contribution in [2.45, 2.75) is 33.1 Å². The second-order valence-corrected chi connectivity index (χ2v) is 15.1. The molecule has 4 heteroatoms. The lowest BCUT2D eigenvalue weighted by atomic mass is 9.82. The topological polar surface area (TPSA) is 43.9 Å². The van der Waals surface area contributed by atoms with Crippen molar-refractivity contribution in [2.24, 2.45) is 0 Å². The number of aryl methyl sites for hydroxylation is 2. The van der Waals surface area contributed by atoms with Gasteiger partial charge in [0.15, 0.2) is 5.82 Å². The quantitative estimate of drug-likeness (QED) is 0.186. The maximum Gasteiger partial charge on any atom is 0.160 e. The summed E-state index contributed by atoms with van der Waals surface area (Å²) in [5, 5.41) is 5.89. The number of rotatable bonds is 3. The van der Waals surface area contributed by atoms with Crippen LogP contribution in [0.25, 0.3) is 94.1 Å². The first-order valence-corrected chi connectivity index (χ1v) is 18.3. The Hall–Kier alpha value is -6.52. The van der Waals surface area contributed by atoms with E-state index in [2.05, 4.69) is 154 Å². The second-order valence-electron chi connectivity index (χ2n) is 15.1. The van der Waals surface area contributed by atoms with Crippen LogP contribution in [0.3, 0.4) is 0 Å². The Labute approximate surface area is 307 Å². The first kappa shape index (κ1) is 30.1. The maximum atomic E-state index is 6.37. The maximum absolute atomic E-state index is 6.37. The zero-order valence-electron chi connectivity index (χ0n) is 30.0. The average molecular weight is 682 g/mol. The summed E-state index contributed by atoms with van der Waals surface area (Å²) in [5.41, 5.74) is 16.8. The molecule has 10 aromatic rings. The Morgan fingerprint density at radius 2 is 1.19 bits per heavy atom. The minimum Gasteiger partial charge on any atom is -0.456 e. The van der Waals surface area contributed by atoms with Gasteiger partial charge >= 0.3 is 0 Å². The number of fused-ring (bicyclic) bond motifs is 10. The van der Waals surface area contributed by atoms with E-state index < -0.39 is 0 Å². The van der Waals surface area contributed by atoms with Gasteiger partial charge in [0, 0.05) is 49.2 Å². The number of furan rings is 1. The molecule has 0 spiro atoms. The van der Waals surface area contributed by atoms with Crippen LogP contribution in [0.4, 0.5) is 0 Å². The fraction of sp³-hybridized carbons (Fsp3) is 0.102. The lowest BCUT2D eigenvalue weighted by molar-refractivity contribution is 0.647. The van der Waals surface area contributed by atoms with Gasteiger partial charge in [-0.1, -0.05) is 98.8 Å². The highest BCUT2D eigenvalue weighted by atomic mass is 16.3. The van der Waals surface area contributed by atoms with Crippen LogP contribution < -0.4 is 0 Å². The van der Waals surface area contributed by atoms with Gasteiger partial charge < -0.3 is 8.98 Å². The molecule has 252 valence electrons. The Bertz CT molecular complexity index is 3160. The van der Waals surface area contributed by atoms with Crippen molar-refractivity contribution in [3.05, 3.63) is 162 Å². The van der Waals surface area contributed by atoms with Crippen LogP contribution in [0.1, 0.15) is 36.1 Å². The predicted molar refractivity (Wildman–Crippen MR) is 219 cm³/mol. The zero-order valence-corrected chi connectivity index (χ0v) is 30.0. The Morgan fingerprint density at radius 3 is 2.02 bits per heavy atom. The highest BCUT2D eigenvalue weighted by molar-refractivity contribution is 6.13. The molecule has 4 nitrogen and oxygen atoms in total. The Kier molecular flexibility index (Phi) is 6.11. The summed E-state index contributed by atoms with van der Waals surface area (Å²) in [5.74, 6) is 0.743. The van der Waals surface area contributed by atoms with E-state index in [1.54, 1.807) is 0 Å². The SMILES string of the molecule is Cc1cc(-n2c3ccccc3c3cc4c(cc32)C(C)(C)c2cc3oc5ccccc5c3cc2-4)c(C)cc1-c1nc(-c2ccccc2)c2ccccc2n1. The molecule has 0 radical (unpaired) electrons. The molecule has 0 bridgehead atoms. The van der Waals surface area contributed by atoms with Gasteiger partial charge in [0.05, 0.1) is 22.2 Å². The molecule has 11 rings (SSSR count). The van der Waals surface area contributed by atoms with Crippen molar-refractivity contribution in [3.8, 4) is 39.5 Å². The highest BCUT2D eigenvalue weighted by Crippen LogP contribution is 2.53. The number of benzene rings is 7. The summed E-state index contributed by atoms with van der Waals surface area (Å²) in [6.07, 6.45) is 0. The first-order chi connectivity index (χ1) is 25.8. The molecule has 0 saturated carbocycles. The largest absolute Gasteiger partial charge is 0.456 e. The van der Waals surface area contributed by atoms with E-state index in [9.17, 15) is 0 Å². The third kappa shape index (κ3) is 4.24. The van der Waals surface area contributed by atoms with Crippen LogP contribution in [-0.2, 0) is 5.41 Å². The van der Waals surface area contributed by atoms with Gasteiger partial charge in [0.2, 0.25) is 0 Å². The highest BCUT2D eigenvalue weighted by Gasteiger charge is 2.37. The van der Waals surface area contributed by atoms with Crippen LogP contribution >= 0.6 is 0 Å². The van der Waals surface area contributed by atoms with Gasteiger partial charge in [0.1, 0.15) is 11.2 Å². The number of nitrogens with zero attached hydrogens (tertiary/aromatic N) is 3. The van der Waals surface area contributed by atoms with E-state index in [1.165, 1.54) is 60.7 Å². The molecule has 0 fully saturated rings. The standard InChI is InChI=1S/C49H35N3O/c1-28-23-43(29(2)22-34(28)48-50-41-19-11-8-18-33(41)47(51-48)30-14-6-5-7-15-30)52-42-20-12-9-16-31(42)37-24-35-36-25-38-32-17-10-13-21-45(32)53-46(38)27-40(36)49(3,4)39(35)26-44(37)52/h5-27H,1-4H3. The van der Waals surface area contributed by atoms with Gasteiger partial charge in [-0.3, -0.25) is 0 Å². The minimum atomic E-state index is -0.202. The minimum absolute atomic E-state index is 0.202. The van der Waals surface area contributed by atoms with Crippen LogP contribution in [0.15, 0.2) is 144 Å². The summed E-state index contributed by atoms with van der Waals surface area (Å²) >= 11 is 0. The fourth-order valence-corrected chi connectivity index (χ4v) is 8.97. The molecule has 0 unspecified atom stereocenters. The third-order valence-corrected chi connectivity index (χ3v) is 11.6. The molecular weight excluding hydrogens is 647 g/mol. The molecule has 0 aliphatic heterocycles. The van der Waals surface area contributed by atoms with Gasteiger partial charge in [-0.25, -0.2) is 9.97 Å². The average Bonchev–Trinajstić information content (AvgIpc) is 3.79. The smallest absolute Gasteiger partial charge is 0.160 e. The van der Waals surface area contributed by atoms with Gasteiger partial charge in [-0.2, -0.15) is 0 Å². The number of aromatic nitrogens is 3. The molecular formula is C49H35N3O. The van der Waals surface area contributed by atoms with Crippen molar-refractivity contribution in [1.29, 1.82) is 0 Å². The summed E-state index contributed by atoms with van der Waals surface area (Å²) in [6.45, 7) is 9.10. The van der Waals surface area contributed by atoms with Crippen LogP contribution in [-0.4, -0.2) is 14.5 Å². The first-order valence-electron chi connectivity index (χ1n) is 18.3. The Morgan fingerprint density at radius 1 is 0.509 bits per heavy atom. The molecule has 3 aromatic heterocycles. The number of hydrogen-bond acceptors (Lipinski definition) is 3. The molecule has 1 aliphatic rings. The summed E-state index contributed by atoms with van der Waals surface area (Å²) in [4.78, 5) is 10.3. The van der Waals surface area contributed by atoms with E-state index in [0.29, 0.717) is 0 Å². The lowest BCUT2D eigenvalue weighted by Crippen LogP contribution is -2.15. The lowest BCUT2D eigenvalue weighted by Gasteiger charge is -2.22. The van der Waals surface area contributed by atoms with Crippen molar-refractivity contribution < 1.29 is 4.42 Å². The second kappa shape index (κ2) is 10.8. The fourth-order valence-electron chi connectivity index (χ4n) is 8.97. The molecule has 1 aliphatic carbocycles. The van der Waals surface area contributed by atoms with Crippen molar-refractivity contribution in [1.82, 2.24) is 14.5 Å². The van der Waals surface area contributed by atoms with Crippen molar-refractivity contribution >= 4 is 54.6 Å². The molecule has 3 heterocycles. The zero-order chi connectivity index (χ0) is 35.6. The van der Waals surface area contributed by atoms with Crippen LogP contribution in [0.5, 0.6) is 0 Å². The third-order valence-electron chi connectivity index (χ3n) is 11.6. The van der Waals surface area contributed by atoms with Gasteiger partial charge in [-0.15, -0.1) is 0 Å². The van der Waals surface area contributed by atoms with E-state index in [-0.39, 0.29) is 5.41 Å². The van der Waals surface area contributed by atoms with E-state index >= 15 is 0 Å². The summed E-state index contributed by atoms with van der Waals surface area (Å²) in [7, 11) is 0.